The van der Waals surface area contributed by atoms with Crippen LogP contribution in [0.5, 0.6) is 0 Å². The molecule has 0 aliphatic rings. The monoisotopic (exact) mass is 300 g/mol. The maximum Gasteiger partial charge on any atom is 0.270 e. The van der Waals surface area contributed by atoms with Crippen molar-refractivity contribution in [3.63, 3.8) is 0 Å². The number of amides is 1. The van der Waals surface area contributed by atoms with Crippen LogP contribution in [0.3, 0.4) is 0 Å². The Hall–Kier alpha value is -2.59. The average molecular weight is 300 g/mol. The van der Waals surface area contributed by atoms with E-state index < -0.39 is 5.56 Å². The van der Waals surface area contributed by atoms with Crippen molar-refractivity contribution in [2.24, 2.45) is 0 Å². The molecule has 0 atom stereocenters. The lowest BCUT2D eigenvalue weighted by atomic mass is 10.1. The maximum atomic E-state index is 11.8. The summed E-state index contributed by atoms with van der Waals surface area (Å²) < 4.78 is 0. The van der Waals surface area contributed by atoms with Gasteiger partial charge in [0.25, 0.3) is 5.56 Å². The predicted octanol–water partition coefficient (Wildman–Crippen LogP) is 1.99. The highest BCUT2D eigenvalue weighted by Gasteiger charge is 2.13. The molecule has 106 valence electrons. The van der Waals surface area contributed by atoms with Gasteiger partial charge in [-0.05, 0) is 18.4 Å². The molecule has 7 heteroatoms. The molecule has 1 aromatic carbocycles. The average Bonchev–Trinajstić information content (AvgIpc) is 2.46. The number of nitriles is 1. The van der Waals surface area contributed by atoms with Crippen LogP contribution in [0.2, 0.25) is 0 Å². The summed E-state index contributed by atoms with van der Waals surface area (Å²) in [6.45, 7) is 1.42. The van der Waals surface area contributed by atoms with E-state index in [1.165, 1.54) is 18.7 Å². The zero-order valence-electron chi connectivity index (χ0n) is 11.4. The van der Waals surface area contributed by atoms with Crippen molar-refractivity contribution in [1.82, 2.24) is 9.97 Å². The molecule has 1 amide bonds. The van der Waals surface area contributed by atoms with Gasteiger partial charge in [0.15, 0.2) is 5.16 Å². The van der Waals surface area contributed by atoms with Gasteiger partial charge in [0.2, 0.25) is 5.91 Å². The summed E-state index contributed by atoms with van der Waals surface area (Å²) >= 11 is 1.29. The third-order valence-electron chi connectivity index (χ3n) is 2.68. The molecule has 6 nitrogen and oxygen atoms in total. The van der Waals surface area contributed by atoms with Crippen LogP contribution in [0.25, 0.3) is 11.3 Å². The smallest absolute Gasteiger partial charge is 0.270 e. The van der Waals surface area contributed by atoms with Crippen molar-refractivity contribution in [2.75, 3.05) is 11.6 Å². The largest absolute Gasteiger partial charge is 0.326 e. The molecule has 0 saturated heterocycles. The van der Waals surface area contributed by atoms with E-state index in [9.17, 15) is 9.59 Å². The van der Waals surface area contributed by atoms with E-state index >= 15 is 0 Å². The Morgan fingerprint density at radius 3 is 2.57 bits per heavy atom. The van der Waals surface area contributed by atoms with Crippen molar-refractivity contribution >= 4 is 23.4 Å². The molecule has 2 N–H and O–H groups in total. The molecule has 0 spiro atoms. The number of aromatic amines is 1. The Balaban J connectivity index is 2.51. The fraction of sp³-hybridized carbons (Fsp3) is 0.143. The number of aromatic nitrogens is 2. The number of nitrogens with one attached hydrogen (secondary N) is 2. The minimum atomic E-state index is -0.460. The van der Waals surface area contributed by atoms with Gasteiger partial charge in [-0.2, -0.15) is 5.26 Å². The molecule has 2 rings (SSSR count). The van der Waals surface area contributed by atoms with Gasteiger partial charge in [-0.1, -0.05) is 23.9 Å². The molecule has 21 heavy (non-hydrogen) atoms. The molecule has 0 fully saturated rings. The van der Waals surface area contributed by atoms with E-state index in [0.29, 0.717) is 22.1 Å². The number of benzene rings is 1. The SMILES string of the molecule is CSc1nc(-c2ccc(NC(C)=O)cc2)c(C#N)c(=O)[nH]1. The van der Waals surface area contributed by atoms with Crippen LogP contribution in [0, 0.1) is 11.3 Å². The molecule has 0 bridgehead atoms. The fourth-order valence-corrected chi connectivity index (χ4v) is 2.15. The number of H-pyrrole nitrogens is 1. The second-order valence-electron chi connectivity index (χ2n) is 4.17. The van der Waals surface area contributed by atoms with E-state index in [4.69, 9.17) is 5.26 Å². The molecule has 1 heterocycles. The van der Waals surface area contributed by atoms with Crippen LogP contribution < -0.4 is 10.9 Å². The lowest BCUT2D eigenvalue weighted by Gasteiger charge is -2.06. The number of hydrogen-bond donors (Lipinski definition) is 2. The first kappa shape index (κ1) is 14.8. The summed E-state index contributed by atoms with van der Waals surface area (Å²) in [5, 5.41) is 12.2. The fourth-order valence-electron chi connectivity index (χ4n) is 1.78. The standard InChI is InChI=1S/C14H12N4O2S/c1-8(19)16-10-5-3-9(4-6-10)12-11(7-15)13(20)18-14(17-12)21-2/h3-6H,1-2H3,(H,16,19)(H,17,18,20). The van der Waals surface area contributed by atoms with E-state index in [2.05, 4.69) is 15.3 Å². The minimum absolute atomic E-state index is 0.0277. The zero-order valence-corrected chi connectivity index (χ0v) is 12.2. The van der Waals surface area contributed by atoms with Crippen LogP contribution >= 0.6 is 11.8 Å². The minimum Gasteiger partial charge on any atom is -0.326 e. The molecule has 1 aromatic heterocycles. The highest BCUT2D eigenvalue weighted by Crippen LogP contribution is 2.22. The van der Waals surface area contributed by atoms with Crippen molar-refractivity contribution < 1.29 is 4.79 Å². The normalized spacial score (nSPS) is 9.95. The Morgan fingerprint density at radius 2 is 2.05 bits per heavy atom. The van der Waals surface area contributed by atoms with Crippen LogP contribution in [-0.2, 0) is 4.79 Å². The van der Waals surface area contributed by atoms with E-state index in [0.717, 1.165) is 0 Å². The van der Waals surface area contributed by atoms with Crippen molar-refractivity contribution in [3.8, 4) is 17.3 Å². The number of anilines is 1. The molecular formula is C14H12N4O2S. The third kappa shape index (κ3) is 3.30. The highest BCUT2D eigenvalue weighted by molar-refractivity contribution is 7.98. The van der Waals surface area contributed by atoms with E-state index in [1.807, 2.05) is 6.07 Å². The summed E-state index contributed by atoms with van der Waals surface area (Å²) in [5.74, 6) is -0.167. The van der Waals surface area contributed by atoms with Gasteiger partial charge in [0.05, 0.1) is 5.69 Å². The number of rotatable bonds is 3. The summed E-state index contributed by atoms with van der Waals surface area (Å²) in [7, 11) is 0. The highest BCUT2D eigenvalue weighted by atomic mass is 32.2. The first-order valence-electron chi connectivity index (χ1n) is 6.01. The lowest BCUT2D eigenvalue weighted by molar-refractivity contribution is -0.114. The number of carbonyl (C=O) groups is 1. The number of thioether (sulfide) groups is 1. The molecule has 0 unspecified atom stereocenters. The number of nitrogens with zero attached hydrogens (tertiary/aromatic N) is 2. The summed E-state index contributed by atoms with van der Waals surface area (Å²) in [4.78, 5) is 29.7. The topological polar surface area (TPSA) is 98.6 Å². The molecule has 0 aliphatic heterocycles. The first-order valence-corrected chi connectivity index (χ1v) is 7.24. The van der Waals surface area contributed by atoms with Gasteiger partial charge in [-0.3, -0.25) is 9.59 Å². The van der Waals surface area contributed by atoms with Crippen molar-refractivity contribution in [1.29, 1.82) is 5.26 Å². The van der Waals surface area contributed by atoms with Crippen molar-refractivity contribution in [2.45, 2.75) is 12.1 Å². The van der Waals surface area contributed by atoms with Gasteiger partial charge in [-0.25, -0.2) is 4.98 Å². The molecule has 0 aliphatic carbocycles. The summed E-state index contributed by atoms with van der Waals surface area (Å²) in [5.41, 5.74) is 1.12. The second-order valence-corrected chi connectivity index (χ2v) is 4.96. The summed E-state index contributed by atoms with van der Waals surface area (Å²) in [6.07, 6.45) is 1.79. The summed E-state index contributed by atoms with van der Waals surface area (Å²) in [6, 6.07) is 8.68. The van der Waals surface area contributed by atoms with Gasteiger partial charge in [0, 0.05) is 18.2 Å². The molecule has 0 saturated carbocycles. The number of hydrogen-bond acceptors (Lipinski definition) is 5. The Bertz CT molecular complexity index is 775. The Kier molecular flexibility index (Phi) is 4.40. The van der Waals surface area contributed by atoms with E-state index in [-0.39, 0.29) is 11.5 Å². The van der Waals surface area contributed by atoms with Crippen LogP contribution in [0.1, 0.15) is 12.5 Å². The van der Waals surface area contributed by atoms with Gasteiger partial charge in [0.1, 0.15) is 11.6 Å². The third-order valence-corrected chi connectivity index (χ3v) is 3.26. The number of carbonyl (C=O) groups excluding carboxylic acids is 1. The first-order chi connectivity index (χ1) is 10.0. The maximum absolute atomic E-state index is 11.8. The van der Waals surface area contributed by atoms with Gasteiger partial charge >= 0.3 is 0 Å². The van der Waals surface area contributed by atoms with Gasteiger partial charge < -0.3 is 10.3 Å². The molecular weight excluding hydrogens is 288 g/mol. The van der Waals surface area contributed by atoms with Crippen LogP contribution in [-0.4, -0.2) is 22.1 Å². The van der Waals surface area contributed by atoms with E-state index in [1.54, 1.807) is 30.5 Å². The quantitative estimate of drug-likeness (QED) is 0.667. The van der Waals surface area contributed by atoms with Crippen molar-refractivity contribution in [3.05, 3.63) is 40.2 Å². The Labute approximate surface area is 125 Å². The molecule has 0 radical (unpaired) electrons. The second kappa shape index (κ2) is 6.24. The molecule has 2 aromatic rings. The zero-order chi connectivity index (χ0) is 15.4. The predicted molar refractivity (Wildman–Crippen MR) is 81.1 cm³/mol. The lowest BCUT2D eigenvalue weighted by Crippen LogP contribution is -2.14. The Morgan fingerprint density at radius 1 is 1.38 bits per heavy atom. The van der Waals surface area contributed by atoms with Gasteiger partial charge in [-0.15, -0.1) is 0 Å². The van der Waals surface area contributed by atoms with Crippen LogP contribution in [0.4, 0.5) is 5.69 Å². The van der Waals surface area contributed by atoms with Crippen LogP contribution in [0.15, 0.2) is 34.2 Å².